The molecule has 2 unspecified atom stereocenters. The zero-order valence-electron chi connectivity index (χ0n) is 9.15. The Kier molecular flexibility index (Phi) is 3.10. The molecule has 4 atom stereocenters. The summed E-state index contributed by atoms with van der Waals surface area (Å²) in [5, 5.41) is 9.86. The minimum absolute atomic E-state index is 0.109. The summed E-state index contributed by atoms with van der Waals surface area (Å²) in [4.78, 5) is 2.44. The Morgan fingerprint density at radius 1 is 1.29 bits per heavy atom. The standard InChI is InChI=1S/C11H21NO2/c1-8-7-14-9(2)6-12(8)10-4-3-5-11(10)13/h8-11,13H,3-7H2,1-2H3/t8?,9?,10-,11-/m0/s1. The molecule has 0 aromatic heterocycles. The van der Waals surface area contributed by atoms with Crippen LogP contribution in [0.1, 0.15) is 33.1 Å². The monoisotopic (exact) mass is 199 g/mol. The molecule has 3 nitrogen and oxygen atoms in total. The molecule has 1 N–H and O–H groups in total. The van der Waals surface area contributed by atoms with E-state index in [2.05, 4.69) is 18.7 Å². The van der Waals surface area contributed by atoms with Crippen LogP contribution < -0.4 is 0 Å². The highest BCUT2D eigenvalue weighted by Gasteiger charge is 2.36. The molecule has 2 aliphatic rings. The van der Waals surface area contributed by atoms with Gasteiger partial charge in [0.05, 0.1) is 18.8 Å². The average molecular weight is 199 g/mol. The van der Waals surface area contributed by atoms with Gasteiger partial charge in [0.2, 0.25) is 0 Å². The maximum Gasteiger partial charge on any atom is 0.0695 e. The first kappa shape index (κ1) is 10.4. The van der Waals surface area contributed by atoms with Crippen LogP contribution in [0.3, 0.4) is 0 Å². The summed E-state index contributed by atoms with van der Waals surface area (Å²) in [6.45, 7) is 6.09. The van der Waals surface area contributed by atoms with Gasteiger partial charge < -0.3 is 9.84 Å². The summed E-state index contributed by atoms with van der Waals surface area (Å²) in [6, 6.07) is 0.847. The number of hydrogen-bond acceptors (Lipinski definition) is 3. The fourth-order valence-electron chi connectivity index (χ4n) is 2.70. The second-order valence-corrected chi connectivity index (χ2v) is 4.76. The van der Waals surface area contributed by atoms with Crippen molar-refractivity contribution in [3.63, 3.8) is 0 Å². The molecular weight excluding hydrogens is 178 g/mol. The van der Waals surface area contributed by atoms with E-state index in [0.717, 1.165) is 26.0 Å². The Balaban J connectivity index is 2.00. The number of nitrogens with zero attached hydrogens (tertiary/aromatic N) is 1. The number of morpholine rings is 1. The van der Waals surface area contributed by atoms with Gasteiger partial charge in [0.25, 0.3) is 0 Å². The maximum atomic E-state index is 9.86. The van der Waals surface area contributed by atoms with Gasteiger partial charge in [-0.15, -0.1) is 0 Å². The van der Waals surface area contributed by atoms with E-state index in [1.165, 1.54) is 6.42 Å². The van der Waals surface area contributed by atoms with Crippen LogP contribution >= 0.6 is 0 Å². The summed E-state index contributed by atoms with van der Waals surface area (Å²) in [7, 11) is 0. The van der Waals surface area contributed by atoms with Crippen molar-refractivity contribution in [3.05, 3.63) is 0 Å². The van der Waals surface area contributed by atoms with Gasteiger partial charge in [0, 0.05) is 18.6 Å². The van der Waals surface area contributed by atoms with Crippen LogP contribution in [0.4, 0.5) is 0 Å². The van der Waals surface area contributed by atoms with E-state index in [0.29, 0.717) is 18.2 Å². The topological polar surface area (TPSA) is 32.7 Å². The van der Waals surface area contributed by atoms with E-state index >= 15 is 0 Å². The van der Waals surface area contributed by atoms with Gasteiger partial charge >= 0.3 is 0 Å². The van der Waals surface area contributed by atoms with Crippen LogP contribution in [0.5, 0.6) is 0 Å². The van der Waals surface area contributed by atoms with Gasteiger partial charge in [0.15, 0.2) is 0 Å². The maximum absolute atomic E-state index is 9.86. The number of aliphatic hydroxyl groups excluding tert-OH is 1. The molecule has 1 aliphatic carbocycles. The lowest BCUT2D eigenvalue weighted by Crippen LogP contribution is -2.54. The van der Waals surface area contributed by atoms with Gasteiger partial charge in [-0.3, -0.25) is 4.90 Å². The lowest BCUT2D eigenvalue weighted by atomic mass is 10.1. The molecule has 0 spiro atoms. The molecule has 82 valence electrons. The first-order chi connectivity index (χ1) is 6.68. The molecule has 1 heterocycles. The van der Waals surface area contributed by atoms with E-state index in [1.807, 2.05) is 0 Å². The smallest absolute Gasteiger partial charge is 0.0695 e. The van der Waals surface area contributed by atoms with Crippen molar-refractivity contribution >= 4 is 0 Å². The van der Waals surface area contributed by atoms with Crippen LogP contribution in [-0.4, -0.2) is 47.4 Å². The lowest BCUT2D eigenvalue weighted by Gasteiger charge is -2.41. The summed E-state index contributed by atoms with van der Waals surface area (Å²) in [5.41, 5.74) is 0. The minimum atomic E-state index is -0.109. The van der Waals surface area contributed by atoms with Crippen molar-refractivity contribution in [1.82, 2.24) is 4.90 Å². The van der Waals surface area contributed by atoms with Crippen molar-refractivity contribution in [1.29, 1.82) is 0 Å². The fraction of sp³-hybridized carbons (Fsp3) is 1.00. The Hall–Kier alpha value is -0.120. The van der Waals surface area contributed by atoms with Crippen molar-refractivity contribution < 1.29 is 9.84 Å². The number of hydrogen-bond donors (Lipinski definition) is 1. The van der Waals surface area contributed by atoms with E-state index in [4.69, 9.17) is 4.74 Å². The average Bonchev–Trinajstić information content (AvgIpc) is 2.56. The Labute approximate surface area is 86.0 Å². The molecule has 0 radical (unpaired) electrons. The Morgan fingerprint density at radius 2 is 2.07 bits per heavy atom. The van der Waals surface area contributed by atoms with Crippen LogP contribution in [0.15, 0.2) is 0 Å². The summed E-state index contributed by atoms with van der Waals surface area (Å²) in [6.07, 6.45) is 3.51. The van der Waals surface area contributed by atoms with Crippen LogP contribution in [0.2, 0.25) is 0 Å². The molecule has 14 heavy (non-hydrogen) atoms. The van der Waals surface area contributed by atoms with Crippen molar-refractivity contribution in [2.75, 3.05) is 13.2 Å². The third kappa shape index (κ3) is 1.95. The molecule has 0 bridgehead atoms. The van der Waals surface area contributed by atoms with Crippen molar-refractivity contribution in [2.45, 2.75) is 57.4 Å². The summed E-state index contributed by atoms with van der Waals surface area (Å²) < 4.78 is 5.59. The number of ether oxygens (including phenoxy) is 1. The molecule has 0 aromatic rings. The van der Waals surface area contributed by atoms with E-state index < -0.39 is 0 Å². The molecule has 2 rings (SSSR count). The van der Waals surface area contributed by atoms with E-state index in [9.17, 15) is 5.11 Å². The highest BCUT2D eigenvalue weighted by atomic mass is 16.5. The number of rotatable bonds is 1. The third-order valence-corrected chi connectivity index (χ3v) is 3.53. The first-order valence-electron chi connectivity index (χ1n) is 5.74. The van der Waals surface area contributed by atoms with Crippen LogP contribution in [0.25, 0.3) is 0 Å². The minimum Gasteiger partial charge on any atom is -0.391 e. The van der Waals surface area contributed by atoms with Crippen molar-refractivity contribution in [3.8, 4) is 0 Å². The zero-order valence-corrected chi connectivity index (χ0v) is 9.15. The summed E-state index contributed by atoms with van der Waals surface area (Å²) >= 11 is 0. The largest absolute Gasteiger partial charge is 0.391 e. The normalized spacial score (nSPS) is 45.6. The fourth-order valence-corrected chi connectivity index (χ4v) is 2.70. The van der Waals surface area contributed by atoms with Gasteiger partial charge in [0.1, 0.15) is 0 Å². The van der Waals surface area contributed by atoms with Gasteiger partial charge in [-0.05, 0) is 33.1 Å². The molecule has 3 heteroatoms. The third-order valence-electron chi connectivity index (χ3n) is 3.53. The Bertz CT molecular complexity index is 198. The second kappa shape index (κ2) is 4.17. The number of aliphatic hydroxyl groups is 1. The lowest BCUT2D eigenvalue weighted by molar-refractivity contribution is -0.0809. The van der Waals surface area contributed by atoms with E-state index in [1.54, 1.807) is 0 Å². The zero-order chi connectivity index (χ0) is 10.1. The van der Waals surface area contributed by atoms with Crippen LogP contribution in [-0.2, 0) is 4.74 Å². The van der Waals surface area contributed by atoms with Crippen LogP contribution in [0, 0.1) is 0 Å². The molecule has 1 aliphatic heterocycles. The van der Waals surface area contributed by atoms with Gasteiger partial charge in [-0.1, -0.05) is 0 Å². The molecular formula is C11H21NO2. The molecule has 1 saturated heterocycles. The molecule has 0 aromatic carbocycles. The predicted molar refractivity (Wildman–Crippen MR) is 55.2 cm³/mol. The SMILES string of the molecule is CC1CN([C@H]2CCC[C@@H]2O)C(C)CO1. The molecule has 2 fully saturated rings. The Morgan fingerprint density at radius 3 is 2.71 bits per heavy atom. The highest BCUT2D eigenvalue weighted by Crippen LogP contribution is 2.27. The quantitative estimate of drug-likeness (QED) is 0.684. The van der Waals surface area contributed by atoms with Crippen molar-refractivity contribution in [2.24, 2.45) is 0 Å². The first-order valence-corrected chi connectivity index (χ1v) is 5.74. The van der Waals surface area contributed by atoms with Gasteiger partial charge in [-0.2, -0.15) is 0 Å². The predicted octanol–water partition coefficient (Wildman–Crippen LogP) is 1.01. The molecule has 0 amide bonds. The second-order valence-electron chi connectivity index (χ2n) is 4.76. The van der Waals surface area contributed by atoms with Gasteiger partial charge in [-0.25, -0.2) is 0 Å². The molecule has 1 saturated carbocycles. The van der Waals surface area contributed by atoms with E-state index in [-0.39, 0.29) is 6.10 Å². The highest BCUT2D eigenvalue weighted by molar-refractivity contribution is 4.90. The summed E-state index contributed by atoms with van der Waals surface area (Å²) in [5.74, 6) is 0.